The van der Waals surface area contributed by atoms with E-state index in [1.165, 1.54) is 13.2 Å². The molecule has 2 aromatic heterocycles. The molecule has 148 valence electrons. The molecular formula is C22H20N2O5. The highest BCUT2D eigenvalue weighted by Crippen LogP contribution is 2.25. The Labute approximate surface area is 167 Å². The number of rotatable bonds is 6. The number of carbonyl (C=O) groups is 1. The fourth-order valence-corrected chi connectivity index (χ4v) is 3.09. The van der Waals surface area contributed by atoms with Crippen LogP contribution in [0, 0.1) is 32.1 Å². The topological polar surface area (TPSA) is 105 Å². The van der Waals surface area contributed by atoms with Crippen LogP contribution in [0.3, 0.4) is 0 Å². The monoisotopic (exact) mass is 392 g/mol. The van der Waals surface area contributed by atoms with Gasteiger partial charge in [0.2, 0.25) is 11.7 Å². The fourth-order valence-electron chi connectivity index (χ4n) is 3.09. The molecule has 0 radical (unpaired) electrons. The van der Waals surface area contributed by atoms with Crippen molar-refractivity contribution in [2.24, 2.45) is 0 Å². The molecule has 0 unspecified atom stereocenters. The summed E-state index contributed by atoms with van der Waals surface area (Å²) >= 11 is 0. The summed E-state index contributed by atoms with van der Waals surface area (Å²) in [6.45, 7) is 4.83. The van der Waals surface area contributed by atoms with Gasteiger partial charge in [0.15, 0.2) is 6.61 Å². The van der Waals surface area contributed by atoms with Gasteiger partial charge in [-0.05, 0) is 55.7 Å². The number of Topliss-reactive ketones (excluding diaryl/α,β-unsaturated/α-hetero) is 1. The highest BCUT2D eigenvalue weighted by atomic mass is 16.5. The molecule has 0 saturated heterocycles. The molecule has 0 bridgehead atoms. The second-order valence-corrected chi connectivity index (χ2v) is 6.69. The summed E-state index contributed by atoms with van der Waals surface area (Å²) in [4.78, 5) is 25.5. The van der Waals surface area contributed by atoms with Gasteiger partial charge in [-0.15, -0.1) is 0 Å². The Balaban J connectivity index is 1.99. The average Bonchev–Trinajstić information content (AvgIpc) is 3.20. The Bertz CT molecular complexity index is 1170. The maximum absolute atomic E-state index is 12.9. The molecule has 0 aliphatic heterocycles. The van der Waals surface area contributed by atoms with Crippen molar-refractivity contribution in [2.45, 2.75) is 27.3 Å². The van der Waals surface area contributed by atoms with Gasteiger partial charge in [0, 0.05) is 0 Å². The SMILES string of the molecule is Cc1cccc(OCC(=O)c2c(C)c(C#N)c(=O)n(Cc3ccco3)c2O)c1C. The van der Waals surface area contributed by atoms with Gasteiger partial charge in [0.25, 0.3) is 5.56 Å². The van der Waals surface area contributed by atoms with E-state index in [9.17, 15) is 20.0 Å². The smallest absolute Gasteiger partial charge is 0.271 e. The van der Waals surface area contributed by atoms with E-state index < -0.39 is 17.2 Å². The maximum Gasteiger partial charge on any atom is 0.271 e. The third kappa shape index (κ3) is 3.78. The average molecular weight is 392 g/mol. The minimum Gasteiger partial charge on any atom is -0.494 e. The Kier molecular flexibility index (Phi) is 5.55. The third-order valence-electron chi connectivity index (χ3n) is 4.89. The van der Waals surface area contributed by atoms with Crippen LogP contribution in [-0.2, 0) is 6.54 Å². The molecule has 0 aliphatic carbocycles. The van der Waals surface area contributed by atoms with Crippen LogP contribution in [0.1, 0.15) is 38.4 Å². The summed E-state index contributed by atoms with van der Waals surface area (Å²) < 4.78 is 11.8. The van der Waals surface area contributed by atoms with Gasteiger partial charge in [-0.1, -0.05) is 12.1 Å². The van der Waals surface area contributed by atoms with Crippen LogP contribution in [0.5, 0.6) is 11.6 Å². The van der Waals surface area contributed by atoms with Gasteiger partial charge in [-0.25, -0.2) is 0 Å². The van der Waals surface area contributed by atoms with Gasteiger partial charge >= 0.3 is 0 Å². The first-order chi connectivity index (χ1) is 13.8. The number of ketones is 1. The standard InChI is InChI=1S/C22H20N2O5/c1-13-6-4-8-19(14(13)2)29-12-18(25)20-15(3)17(10-23)21(26)24(22(20)27)11-16-7-5-9-28-16/h4-9,27H,11-12H2,1-3H3. The zero-order valence-electron chi connectivity index (χ0n) is 16.4. The van der Waals surface area contributed by atoms with E-state index in [1.807, 2.05) is 32.0 Å². The first-order valence-electron chi connectivity index (χ1n) is 8.96. The van der Waals surface area contributed by atoms with Crippen molar-refractivity contribution in [3.8, 4) is 17.7 Å². The highest BCUT2D eigenvalue weighted by molar-refractivity contribution is 6.01. The van der Waals surface area contributed by atoms with Crippen molar-refractivity contribution < 1.29 is 19.1 Å². The fraction of sp³-hybridized carbons (Fsp3) is 0.227. The number of hydrogen-bond acceptors (Lipinski definition) is 6. The van der Waals surface area contributed by atoms with Crippen LogP contribution in [0.4, 0.5) is 0 Å². The lowest BCUT2D eigenvalue weighted by atomic mass is 10.0. The van der Waals surface area contributed by atoms with E-state index in [1.54, 1.807) is 18.2 Å². The molecule has 2 heterocycles. The molecule has 7 heteroatoms. The Hall–Kier alpha value is -3.79. The maximum atomic E-state index is 12.9. The summed E-state index contributed by atoms with van der Waals surface area (Å²) in [5.41, 5.74) is 1.04. The lowest BCUT2D eigenvalue weighted by Gasteiger charge is -2.16. The molecule has 0 atom stereocenters. The Morgan fingerprint density at radius 2 is 1.97 bits per heavy atom. The first kappa shape index (κ1) is 20.0. The zero-order valence-corrected chi connectivity index (χ0v) is 16.4. The molecule has 0 aliphatic rings. The van der Waals surface area contributed by atoms with Crippen LogP contribution < -0.4 is 10.3 Å². The van der Waals surface area contributed by atoms with E-state index in [0.29, 0.717) is 11.5 Å². The molecule has 7 nitrogen and oxygen atoms in total. The number of aromatic nitrogens is 1. The van der Waals surface area contributed by atoms with E-state index in [4.69, 9.17) is 9.15 Å². The molecule has 0 saturated carbocycles. The van der Waals surface area contributed by atoms with Crippen molar-refractivity contribution in [1.82, 2.24) is 4.57 Å². The summed E-state index contributed by atoms with van der Waals surface area (Å²) in [5.74, 6) is -0.0943. The summed E-state index contributed by atoms with van der Waals surface area (Å²) in [6, 6.07) is 10.6. The van der Waals surface area contributed by atoms with Crippen LogP contribution in [0.25, 0.3) is 0 Å². The molecule has 0 fully saturated rings. The van der Waals surface area contributed by atoms with E-state index in [2.05, 4.69) is 0 Å². The normalized spacial score (nSPS) is 10.6. The molecule has 1 aromatic carbocycles. The second-order valence-electron chi connectivity index (χ2n) is 6.69. The minimum absolute atomic E-state index is 0.106. The van der Waals surface area contributed by atoms with Crippen LogP contribution >= 0.6 is 0 Å². The van der Waals surface area contributed by atoms with E-state index in [0.717, 1.165) is 15.7 Å². The lowest BCUT2D eigenvalue weighted by Crippen LogP contribution is -2.28. The van der Waals surface area contributed by atoms with Gasteiger partial charge in [0.05, 0.1) is 18.4 Å². The number of nitriles is 1. The summed E-state index contributed by atoms with van der Waals surface area (Å²) in [5, 5.41) is 20.1. The Morgan fingerprint density at radius 3 is 2.62 bits per heavy atom. The number of aryl methyl sites for hydroxylation is 1. The van der Waals surface area contributed by atoms with Gasteiger partial charge < -0.3 is 14.3 Å². The first-order valence-corrected chi connectivity index (χ1v) is 8.96. The van der Waals surface area contributed by atoms with Crippen molar-refractivity contribution in [1.29, 1.82) is 5.26 Å². The number of nitrogens with zero attached hydrogens (tertiary/aromatic N) is 2. The third-order valence-corrected chi connectivity index (χ3v) is 4.89. The molecular weight excluding hydrogens is 372 g/mol. The van der Waals surface area contributed by atoms with E-state index in [-0.39, 0.29) is 29.8 Å². The second kappa shape index (κ2) is 8.07. The summed E-state index contributed by atoms with van der Waals surface area (Å²) in [7, 11) is 0. The quantitative estimate of drug-likeness (QED) is 0.646. The number of aromatic hydroxyl groups is 1. The van der Waals surface area contributed by atoms with Gasteiger partial charge in [0.1, 0.15) is 23.1 Å². The number of furan rings is 1. The molecule has 29 heavy (non-hydrogen) atoms. The van der Waals surface area contributed by atoms with Crippen LogP contribution in [0.15, 0.2) is 45.8 Å². The van der Waals surface area contributed by atoms with Crippen LogP contribution in [-0.4, -0.2) is 22.1 Å². The predicted octanol–water partition coefficient (Wildman–Crippen LogP) is 3.25. The van der Waals surface area contributed by atoms with Gasteiger partial charge in [-0.2, -0.15) is 5.26 Å². The highest BCUT2D eigenvalue weighted by Gasteiger charge is 2.25. The zero-order chi connectivity index (χ0) is 21.1. The van der Waals surface area contributed by atoms with Crippen LogP contribution in [0.2, 0.25) is 0 Å². The number of pyridine rings is 1. The predicted molar refractivity (Wildman–Crippen MR) is 105 cm³/mol. The molecule has 3 aromatic rings. The lowest BCUT2D eigenvalue weighted by molar-refractivity contribution is 0.0915. The molecule has 3 rings (SSSR count). The largest absolute Gasteiger partial charge is 0.494 e. The number of benzene rings is 1. The Morgan fingerprint density at radius 1 is 1.21 bits per heavy atom. The number of ether oxygens (including phenoxy) is 1. The number of carbonyl (C=O) groups excluding carboxylic acids is 1. The van der Waals surface area contributed by atoms with Crippen molar-refractivity contribution in [3.05, 3.63) is 80.5 Å². The van der Waals surface area contributed by atoms with Gasteiger partial charge in [-0.3, -0.25) is 14.2 Å². The number of hydrogen-bond donors (Lipinski definition) is 1. The summed E-state index contributed by atoms with van der Waals surface area (Å²) in [6.07, 6.45) is 1.43. The minimum atomic E-state index is -0.689. The molecule has 0 spiro atoms. The van der Waals surface area contributed by atoms with Crippen molar-refractivity contribution in [2.75, 3.05) is 6.61 Å². The van der Waals surface area contributed by atoms with Crippen molar-refractivity contribution >= 4 is 5.78 Å². The van der Waals surface area contributed by atoms with Crippen molar-refractivity contribution in [3.63, 3.8) is 0 Å². The molecule has 0 amide bonds. The van der Waals surface area contributed by atoms with E-state index >= 15 is 0 Å². The molecule has 1 N–H and O–H groups in total.